The van der Waals surface area contributed by atoms with E-state index in [0.717, 1.165) is 32.4 Å². The summed E-state index contributed by atoms with van der Waals surface area (Å²) in [6.07, 6.45) is 1.55. The van der Waals surface area contributed by atoms with Crippen LogP contribution in [0.1, 0.15) is 5.56 Å². The van der Waals surface area contributed by atoms with E-state index in [2.05, 4.69) is 37.3 Å². The van der Waals surface area contributed by atoms with E-state index in [1.165, 1.54) is 0 Å². The van der Waals surface area contributed by atoms with Gasteiger partial charge in [-0.3, -0.25) is 0 Å². The van der Waals surface area contributed by atoms with Crippen molar-refractivity contribution in [2.45, 2.75) is 6.92 Å². The molecule has 0 fully saturated rings. The number of fused-ring (bicyclic) bond motifs is 1. The Hall–Kier alpha value is -2.14. The summed E-state index contributed by atoms with van der Waals surface area (Å²) < 4.78 is 1.08. The van der Waals surface area contributed by atoms with Crippen molar-refractivity contribution >= 4 is 44.0 Å². The Morgan fingerprint density at radius 1 is 1.10 bits per heavy atom. The Morgan fingerprint density at radius 2 is 1.95 bits per heavy atom. The molecule has 0 bridgehead atoms. The molecule has 0 radical (unpaired) electrons. The van der Waals surface area contributed by atoms with Crippen LogP contribution in [-0.4, -0.2) is 9.97 Å². The second-order valence-corrected chi connectivity index (χ2v) is 5.44. The fraction of sp³-hybridized carbons (Fsp3) is 0.0667. The van der Waals surface area contributed by atoms with Crippen LogP contribution < -0.4 is 11.1 Å². The summed E-state index contributed by atoms with van der Waals surface area (Å²) in [7, 11) is 0. The van der Waals surface area contributed by atoms with E-state index in [1.54, 1.807) is 6.33 Å². The second-order valence-electron chi connectivity index (χ2n) is 4.59. The summed E-state index contributed by atoms with van der Waals surface area (Å²) >= 11 is 3.49. The van der Waals surface area contributed by atoms with Crippen molar-refractivity contribution in [3.63, 3.8) is 0 Å². The highest BCUT2D eigenvalue weighted by Crippen LogP contribution is 2.26. The Labute approximate surface area is 125 Å². The molecule has 3 rings (SSSR count). The van der Waals surface area contributed by atoms with Crippen LogP contribution >= 0.6 is 15.9 Å². The molecule has 0 aliphatic carbocycles. The molecule has 1 heterocycles. The zero-order chi connectivity index (χ0) is 14.1. The minimum absolute atomic E-state index is 0.697. The van der Waals surface area contributed by atoms with E-state index in [9.17, 15) is 0 Å². The van der Waals surface area contributed by atoms with Crippen molar-refractivity contribution in [1.82, 2.24) is 9.97 Å². The maximum Gasteiger partial charge on any atom is 0.141 e. The van der Waals surface area contributed by atoms with Crippen molar-refractivity contribution in [1.29, 1.82) is 0 Å². The van der Waals surface area contributed by atoms with E-state index >= 15 is 0 Å². The smallest absolute Gasteiger partial charge is 0.141 e. The zero-order valence-corrected chi connectivity index (χ0v) is 12.5. The van der Waals surface area contributed by atoms with Gasteiger partial charge in [0.15, 0.2) is 0 Å². The molecule has 1 aromatic heterocycles. The molecule has 0 spiro atoms. The van der Waals surface area contributed by atoms with Crippen molar-refractivity contribution in [3.05, 3.63) is 52.8 Å². The molecule has 20 heavy (non-hydrogen) atoms. The Morgan fingerprint density at radius 3 is 2.75 bits per heavy atom. The summed E-state index contributed by atoms with van der Waals surface area (Å²) in [4.78, 5) is 8.55. The molecule has 100 valence electrons. The number of nitrogen functional groups attached to an aromatic ring is 1. The zero-order valence-electron chi connectivity index (χ0n) is 10.9. The van der Waals surface area contributed by atoms with Gasteiger partial charge in [-0.25, -0.2) is 9.97 Å². The quantitative estimate of drug-likeness (QED) is 0.697. The van der Waals surface area contributed by atoms with Crippen LogP contribution in [0.3, 0.4) is 0 Å². The molecule has 0 aliphatic heterocycles. The van der Waals surface area contributed by atoms with Gasteiger partial charge in [0.2, 0.25) is 0 Å². The van der Waals surface area contributed by atoms with Gasteiger partial charge in [-0.05, 0) is 48.9 Å². The fourth-order valence-corrected chi connectivity index (χ4v) is 2.28. The average molecular weight is 329 g/mol. The van der Waals surface area contributed by atoms with Gasteiger partial charge in [0.25, 0.3) is 0 Å². The fourth-order valence-electron chi connectivity index (χ4n) is 2.03. The molecule has 3 aromatic rings. The van der Waals surface area contributed by atoms with Crippen LogP contribution in [0, 0.1) is 6.92 Å². The van der Waals surface area contributed by atoms with E-state index in [-0.39, 0.29) is 0 Å². The van der Waals surface area contributed by atoms with Crippen LogP contribution in [0.25, 0.3) is 10.9 Å². The minimum atomic E-state index is 0.697. The minimum Gasteiger partial charge on any atom is -0.399 e. The average Bonchev–Trinajstić information content (AvgIpc) is 2.44. The molecule has 0 unspecified atom stereocenters. The predicted molar refractivity (Wildman–Crippen MR) is 86.1 cm³/mol. The maximum atomic E-state index is 5.84. The molecule has 0 saturated carbocycles. The molecule has 3 N–H and O–H groups in total. The number of hydrogen-bond donors (Lipinski definition) is 2. The number of nitrogens with zero attached hydrogens (tertiary/aromatic N) is 2. The largest absolute Gasteiger partial charge is 0.399 e. The first-order valence-electron chi connectivity index (χ1n) is 6.17. The lowest BCUT2D eigenvalue weighted by atomic mass is 10.2. The van der Waals surface area contributed by atoms with Crippen LogP contribution in [0.2, 0.25) is 0 Å². The standard InChI is InChI=1S/C15H13BrN4/c1-9-6-11(3-4-13(9)16)20-15-12-7-10(17)2-5-14(12)18-8-19-15/h2-8H,17H2,1H3,(H,18,19,20). The topological polar surface area (TPSA) is 63.8 Å². The molecule has 0 aliphatic rings. The third kappa shape index (κ3) is 2.44. The van der Waals surface area contributed by atoms with Gasteiger partial charge in [-0.1, -0.05) is 15.9 Å². The molecular formula is C15H13BrN4. The Balaban J connectivity index is 2.05. The number of nitrogens with two attached hydrogens (primary N) is 1. The van der Waals surface area contributed by atoms with Gasteiger partial charge in [-0.2, -0.15) is 0 Å². The number of rotatable bonds is 2. The summed E-state index contributed by atoms with van der Waals surface area (Å²) in [5.74, 6) is 0.754. The summed E-state index contributed by atoms with van der Waals surface area (Å²) in [6, 6.07) is 11.7. The highest BCUT2D eigenvalue weighted by Gasteiger charge is 2.05. The van der Waals surface area contributed by atoms with E-state index in [0.29, 0.717) is 5.69 Å². The highest BCUT2D eigenvalue weighted by molar-refractivity contribution is 9.10. The first-order chi connectivity index (χ1) is 9.63. The van der Waals surface area contributed by atoms with E-state index in [1.807, 2.05) is 37.3 Å². The van der Waals surface area contributed by atoms with Crippen molar-refractivity contribution in [2.24, 2.45) is 0 Å². The van der Waals surface area contributed by atoms with Gasteiger partial charge >= 0.3 is 0 Å². The van der Waals surface area contributed by atoms with Crippen LogP contribution in [0.5, 0.6) is 0 Å². The maximum absolute atomic E-state index is 5.84. The van der Waals surface area contributed by atoms with Gasteiger partial charge in [-0.15, -0.1) is 0 Å². The molecule has 4 nitrogen and oxygen atoms in total. The van der Waals surface area contributed by atoms with Crippen LogP contribution in [0.4, 0.5) is 17.2 Å². The molecule has 2 aromatic carbocycles. The van der Waals surface area contributed by atoms with Crippen molar-refractivity contribution in [3.8, 4) is 0 Å². The number of halogens is 1. The first-order valence-corrected chi connectivity index (χ1v) is 6.96. The van der Waals surface area contributed by atoms with Crippen molar-refractivity contribution in [2.75, 3.05) is 11.1 Å². The van der Waals surface area contributed by atoms with Crippen LogP contribution in [-0.2, 0) is 0 Å². The molecule has 0 atom stereocenters. The second kappa shape index (κ2) is 5.09. The highest BCUT2D eigenvalue weighted by atomic mass is 79.9. The van der Waals surface area contributed by atoms with Gasteiger partial charge < -0.3 is 11.1 Å². The molecule has 0 saturated heterocycles. The SMILES string of the molecule is Cc1cc(Nc2ncnc3ccc(N)cc23)ccc1Br. The third-order valence-electron chi connectivity index (χ3n) is 3.08. The molecular weight excluding hydrogens is 316 g/mol. The molecule has 5 heteroatoms. The van der Waals surface area contributed by atoms with Crippen LogP contribution in [0.15, 0.2) is 47.2 Å². The monoisotopic (exact) mass is 328 g/mol. The molecule has 0 amide bonds. The van der Waals surface area contributed by atoms with E-state index in [4.69, 9.17) is 5.73 Å². The number of benzene rings is 2. The third-order valence-corrected chi connectivity index (χ3v) is 3.97. The normalized spacial score (nSPS) is 10.7. The van der Waals surface area contributed by atoms with Gasteiger partial charge in [0.05, 0.1) is 5.52 Å². The number of hydrogen-bond acceptors (Lipinski definition) is 4. The lowest BCUT2D eigenvalue weighted by Crippen LogP contribution is -1.97. The number of anilines is 3. The summed E-state index contributed by atoms with van der Waals surface area (Å²) in [5, 5.41) is 4.22. The first kappa shape index (κ1) is 12.9. The summed E-state index contributed by atoms with van der Waals surface area (Å²) in [6.45, 7) is 2.05. The van der Waals surface area contributed by atoms with Crippen molar-refractivity contribution < 1.29 is 0 Å². The number of aromatic nitrogens is 2. The van der Waals surface area contributed by atoms with Gasteiger partial charge in [0.1, 0.15) is 12.1 Å². The number of nitrogens with one attached hydrogen (secondary N) is 1. The lowest BCUT2D eigenvalue weighted by molar-refractivity contribution is 1.22. The Kier molecular flexibility index (Phi) is 3.28. The van der Waals surface area contributed by atoms with Gasteiger partial charge in [0, 0.05) is 21.2 Å². The predicted octanol–water partition coefficient (Wildman–Crippen LogP) is 4.03. The lowest BCUT2D eigenvalue weighted by Gasteiger charge is -2.10. The Bertz CT molecular complexity index is 786. The number of aryl methyl sites for hydroxylation is 1. The summed E-state index contributed by atoms with van der Waals surface area (Å²) in [5.41, 5.74) is 9.54. The van der Waals surface area contributed by atoms with E-state index < -0.39 is 0 Å².